The summed E-state index contributed by atoms with van der Waals surface area (Å²) in [6.07, 6.45) is 1.73. The zero-order chi connectivity index (χ0) is 6.15. The standard InChI is InChI=1S/C4H9N3S/c1-3-7(6)2-4(5)8-3/h2-3H,5-6H2,1H3. The second-order valence-corrected chi connectivity index (χ2v) is 3.09. The van der Waals surface area contributed by atoms with Crippen LogP contribution in [0.5, 0.6) is 0 Å². The molecule has 3 nitrogen and oxygen atoms in total. The Kier molecular flexibility index (Phi) is 1.35. The smallest absolute Gasteiger partial charge is 0.0931 e. The predicted molar refractivity (Wildman–Crippen MR) is 35.3 cm³/mol. The number of hydrogen-bond donors (Lipinski definition) is 2. The molecule has 0 aromatic carbocycles. The van der Waals surface area contributed by atoms with E-state index >= 15 is 0 Å². The van der Waals surface area contributed by atoms with Crippen LogP contribution in [0.25, 0.3) is 0 Å². The first-order valence-corrected chi connectivity index (χ1v) is 3.25. The Morgan fingerprint density at radius 2 is 2.50 bits per heavy atom. The van der Waals surface area contributed by atoms with Crippen LogP contribution < -0.4 is 11.6 Å². The van der Waals surface area contributed by atoms with E-state index in [-0.39, 0.29) is 0 Å². The second-order valence-electron chi connectivity index (χ2n) is 1.70. The van der Waals surface area contributed by atoms with Crippen molar-refractivity contribution in [2.45, 2.75) is 12.3 Å². The maximum atomic E-state index is 5.42. The molecular formula is C4H9N3S. The Bertz CT molecular complexity index is 122. The molecule has 0 radical (unpaired) electrons. The monoisotopic (exact) mass is 131 g/mol. The summed E-state index contributed by atoms with van der Waals surface area (Å²) < 4.78 is 0. The Balaban J connectivity index is 2.56. The summed E-state index contributed by atoms with van der Waals surface area (Å²) in [4.78, 5) is 0. The highest BCUT2D eigenvalue weighted by Crippen LogP contribution is 2.25. The Morgan fingerprint density at radius 3 is 2.62 bits per heavy atom. The SMILES string of the molecule is CC1SC(N)=CN1N. The molecule has 1 heterocycles. The zero-order valence-electron chi connectivity index (χ0n) is 4.66. The highest BCUT2D eigenvalue weighted by atomic mass is 32.2. The van der Waals surface area contributed by atoms with Crippen molar-refractivity contribution < 1.29 is 0 Å². The maximum Gasteiger partial charge on any atom is 0.0931 e. The second kappa shape index (κ2) is 1.87. The summed E-state index contributed by atoms with van der Waals surface area (Å²) in [5.41, 5.74) is 5.42. The molecular weight excluding hydrogens is 122 g/mol. The number of hydrogen-bond acceptors (Lipinski definition) is 4. The lowest BCUT2D eigenvalue weighted by Crippen LogP contribution is -2.28. The van der Waals surface area contributed by atoms with Gasteiger partial charge in [-0.15, -0.1) is 0 Å². The average Bonchev–Trinajstić information content (AvgIpc) is 1.85. The van der Waals surface area contributed by atoms with Crippen molar-refractivity contribution in [1.82, 2.24) is 5.01 Å². The molecule has 4 heteroatoms. The van der Waals surface area contributed by atoms with E-state index in [4.69, 9.17) is 11.6 Å². The van der Waals surface area contributed by atoms with Crippen molar-refractivity contribution in [1.29, 1.82) is 0 Å². The summed E-state index contributed by atoms with van der Waals surface area (Å²) in [5.74, 6) is 5.42. The first-order chi connectivity index (χ1) is 3.70. The van der Waals surface area contributed by atoms with Crippen molar-refractivity contribution >= 4 is 11.8 Å². The van der Waals surface area contributed by atoms with E-state index in [1.54, 1.807) is 23.0 Å². The molecule has 46 valence electrons. The van der Waals surface area contributed by atoms with Gasteiger partial charge >= 0.3 is 0 Å². The zero-order valence-corrected chi connectivity index (χ0v) is 5.48. The first-order valence-electron chi connectivity index (χ1n) is 2.37. The lowest BCUT2D eigenvalue weighted by Gasteiger charge is -2.11. The highest BCUT2D eigenvalue weighted by molar-refractivity contribution is 8.03. The minimum atomic E-state index is 0.301. The van der Waals surface area contributed by atoms with Crippen LogP contribution in [-0.4, -0.2) is 10.4 Å². The molecule has 1 unspecified atom stereocenters. The van der Waals surface area contributed by atoms with Gasteiger partial charge in [-0.05, 0) is 6.92 Å². The first kappa shape index (κ1) is 5.78. The molecule has 0 fully saturated rings. The van der Waals surface area contributed by atoms with E-state index in [1.807, 2.05) is 6.92 Å². The third-order valence-electron chi connectivity index (χ3n) is 1.00. The van der Waals surface area contributed by atoms with Gasteiger partial charge in [-0.1, -0.05) is 11.8 Å². The van der Waals surface area contributed by atoms with Gasteiger partial charge in [0.25, 0.3) is 0 Å². The molecule has 0 amide bonds. The van der Waals surface area contributed by atoms with Gasteiger partial charge in [-0.3, -0.25) is 0 Å². The Labute approximate surface area is 52.7 Å². The topological polar surface area (TPSA) is 55.3 Å². The maximum absolute atomic E-state index is 5.42. The largest absolute Gasteiger partial charge is 0.392 e. The van der Waals surface area contributed by atoms with Crippen LogP contribution in [0.3, 0.4) is 0 Å². The molecule has 0 spiro atoms. The quantitative estimate of drug-likeness (QED) is 0.455. The molecule has 0 saturated carbocycles. The van der Waals surface area contributed by atoms with Gasteiger partial charge in [-0.2, -0.15) is 0 Å². The summed E-state index contributed by atoms with van der Waals surface area (Å²) >= 11 is 1.57. The molecule has 1 rings (SSSR count). The van der Waals surface area contributed by atoms with Gasteiger partial charge in [0.2, 0.25) is 0 Å². The molecule has 0 bridgehead atoms. The van der Waals surface area contributed by atoms with Crippen LogP contribution in [0.15, 0.2) is 11.2 Å². The van der Waals surface area contributed by atoms with E-state index in [0.29, 0.717) is 5.37 Å². The molecule has 1 atom stereocenters. The fourth-order valence-corrected chi connectivity index (χ4v) is 1.30. The van der Waals surface area contributed by atoms with Crippen LogP contribution >= 0.6 is 11.8 Å². The van der Waals surface area contributed by atoms with Crippen LogP contribution in [-0.2, 0) is 0 Å². The van der Waals surface area contributed by atoms with Gasteiger partial charge in [0.1, 0.15) is 0 Å². The van der Waals surface area contributed by atoms with E-state index < -0.39 is 0 Å². The van der Waals surface area contributed by atoms with Crippen LogP contribution in [0.1, 0.15) is 6.92 Å². The summed E-state index contributed by atoms with van der Waals surface area (Å²) in [7, 11) is 0. The number of nitrogens with zero attached hydrogens (tertiary/aromatic N) is 1. The number of hydrazine groups is 1. The fourth-order valence-electron chi connectivity index (χ4n) is 0.540. The van der Waals surface area contributed by atoms with Gasteiger partial charge in [0.15, 0.2) is 0 Å². The number of thioether (sulfide) groups is 1. The molecule has 0 aliphatic carbocycles. The minimum absolute atomic E-state index is 0.301. The lowest BCUT2D eigenvalue weighted by molar-refractivity contribution is 0.395. The minimum Gasteiger partial charge on any atom is -0.392 e. The van der Waals surface area contributed by atoms with Crippen molar-refractivity contribution in [2.75, 3.05) is 0 Å². The molecule has 4 N–H and O–H groups in total. The average molecular weight is 131 g/mol. The van der Waals surface area contributed by atoms with Crippen molar-refractivity contribution in [2.24, 2.45) is 11.6 Å². The third kappa shape index (κ3) is 0.900. The van der Waals surface area contributed by atoms with E-state index in [2.05, 4.69) is 0 Å². The molecule has 8 heavy (non-hydrogen) atoms. The fraction of sp³-hybridized carbons (Fsp3) is 0.500. The normalized spacial score (nSPS) is 28.5. The predicted octanol–water partition coefficient (Wildman–Crippen LogP) is 0.0125. The molecule has 0 aromatic heterocycles. The number of nitrogens with two attached hydrogens (primary N) is 2. The van der Waals surface area contributed by atoms with Gasteiger partial charge < -0.3 is 10.7 Å². The van der Waals surface area contributed by atoms with Crippen molar-refractivity contribution in [3.05, 3.63) is 11.2 Å². The van der Waals surface area contributed by atoms with Crippen LogP contribution in [0.4, 0.5) is 0 Å². The van der Waals surface area contributed by atoms with Gasteiger partial charge in [0.05, 0.1) is 10.4 Å². The van der Waals surface area contributed by atoms with Crippen LogP contribution in [0, 0.1) is 0 Å². The Morgan fingerprint density at radius 1 is 1.88 bits per heavy atom. The lowest BCUT2D eigenvalue weighted by atomic mass is 10.7. The molecule has 1 aliphatic rings. The molecule has 1 aliphatic heterocycles. The van der Waals surface area contributed by atoms with Gasteiger partial charge in [-0.25, -0.2) is 5.84 Å². The summed E-state index contributed by atoms with van der Waals surface area (Å²) in [6, 6.07) is 0. The van der Waals surface area contributed by atoms with Crippen molar-refractivity contribution in [3.63, 3.8) is 0 Å². The molecule has 0 saturated heterocycles. The summed E-state index contributed by atoms with van der Waals surface area (Å²) in [5, 5.41) is 2.69. The Hall–Kier alpha value is -0.350. The van der Waals surface area contributed by atoms with Gasteiger partial charge in [0, 0.05) is 6.20 Å². The van der Waals surface area contributed by atoms with E-state index in [9.17, 15) is 0 Å². The van der Waals surface area contributed by atoms with Crippen molar-refractivity contribution in [3.8, 4) is 0 Å². The van der Waals surface area contributed by atoms with Crippen LogP contribution in [0.2, 0.25) is 0 Å². The van der Waals surface area contributed by atoms with E-state index in [1.165, 1.54) is 0 Å². The number of rotatable bonds is 0. The highest BCUT2D eigenvalue weighted by Gasteiger charge is 2.15. The summed E-state index contributed by atoms with van der Waals surface area (Å²) in [6.45, 7) is 2.00. The third-order valence-corrected chi connectivity index (χ3v) is 1.96. The molecule has 0 aromatic rings. The van der Waals surface area contributed by atoms with E-state index in [0.717, 1.165) is 5.03 Å².